The number of anilines is 4. The van der Waals surface area contributed by atoms with E-state index < -0.39 is 5.97 Å². The van der Waals surface area contributed by atoms with Gasteiger partial charge in [-0.3, -0.25) is 10.1 Å². The number of fused-ring (bicyclic) bond motifs is 1. The number of benzene rings is 1. The molecule has 2 aromatic heterocycles. The summed E-state index contributed by atoms with van der Waals surface area (Å²) in [5, 5.41) is 19.0. The van der Waals surface area contributed by atoms with Crippen LogP contribution in [0.25, 0.3) is 0 Å². The SMILES string of the molecule is COc1cc(CN2CCCc3c(NCCNC(C)=O)nc(Nc4nc(C)c(C(=O)O)s4)nc32)cc(OC)c1OC. The fourth-order valence-corrected chi connectivity index (χ4v) is 5.28. The number of carbonyl (C=O) groups excluding carboxylic acids is 1. The number of carbonyl (C=O) groups is 2. The zero-order valence-electron chi connectivity index (χ0n) is 23.1. The van der Waals surface area contributed by atoms with Crippen molar-refractivity contribution >= 4 is 45.9 Å². The summed E-state index contributed by atoms with van der Waals surface area (Å²) in [6.45, 7) is 5.29. The fraction of sp³-hybridized carbons (Fsp3) is 0.423. The Kier molecular flexibility index (Phi) is 9.09. The Morgan fingerprint density at radius 2 is 1.80 bits per heavy atom. The Hall–Kier alpha value is -4.33. The number of nitrogens with one attached hydrogen (secondary N) is 3. The van der Waals surface area contributed by atoms with Crippen molar-refractivity contribution < 1.29 is 28.9 Å². The number of ether oxygens (including phenoxy) is 3. The lowest BCUT2D eigenvalue weighted by Crippen LogP contribution is -2.32. The summed E-state index contributed by atoms with van der Waals surface area (Å²) in [5.41, 5.74) is 2.31. The summed E-state index contributed by atoms with van der Waals surface area (Å²) >= 11 is 1.02. The Morgan fingerprint density at radius 3 is 2.40 bits per heavy atom. The largest absolute Gasteiger partial charge is 0.493 e. The van der Waals surface area contributed by atoms with E-state index >= 15 is 0 Å². The molecule has 0 aliphatic carbocycles. The molecule has 3 aromatic rings. The summed E-state index contributed by atoms with van der Waals surface area (Å²) < 4.78 is 16.5. The lowest BCUT2D eigenvalue weighted by Gasteiger charge is -2.32. The highest BCUT2D eigenvalue weighted by atomic mass is 32.1. The van der Waals surface area contributed by atoms with Gasteiger partial charge in [0.05, 0.1) is 27.0 Å². The standard InChI is InChI=1S/C26H33N7O6S/c1-14-21(24(35)36)40-26(29-14)32-25-30-22(28-9-8-27-15(2)34)17-7-6-10-33(23(17)31-25)13-16-11-18(37-3)20(39-5)19(12-16)38-4/h11-12H,6-10,13H2,1-5H3,(H,27,34)(H,35,36)(H2,28,29,30,31,32). The molecular formula is C26H33N7O6S. The van der Waals surface area contributed by atoms with Crippen molar-refractivity contribution in [2.45, 2.75) is 33.2 Å². The molecule has 1 aromatic carbocycles. The molecule has 0 saturated heterocycles. The molecule has 13 nitrogen and oxygen atoms in total. The van der Waals surface area contributed by atoms with Crippen molar-refractivity contribution in [1.29, 1.82) is 0 Å². The summed E-state index contributed by atoms with van der Waals surface area (Å²) in [5.74, 6) is 2.16. The molecule has 0 spiro atoms. The Bertz CT molecular complexity index is 1370. The van der Waals surface area contributed by atoms with Gasteiger partial charge in [0.25, 0.3) is 0 Å². The molecular weight excluding hydrogens is 538 g/mol. The lowest BCUT2D eigenvalue weighted by atomic mass is 10.0. The number of nitrogens with zero attached hydrogens (tertiary/aromatic N) is 4. The third-order valence-corrected chi connectivity index (χ3v) is 7.30. The van der Waals surface area contributed by atoms with Gasteiger partial charge in [0.15, 0.2) is 16.6 Å². The minimum Gasteiger partial charge on any atom is -0.493 e. The number of methoxy groups -OCH3 is 3. The lowest BCUT2D eigenvalue weighted by molar-refractivity contribution is -0.118. The monoisotopic (exact) mass is 571 g/mol. The molecule has 214 valence electrons. The van der Waals surface area contributed by atoms with Gasteiger partial charge in [-0.05, 0) is 37.5 Å². The molecule has 4 N–H and O–H groups in total. The predicted octanol–water partition coefficient (Wildman–Crippen LogP) is 3.21. The Morgan fingerprint density at radius 1 is 1.07 bits per heavy atom. The van der Waals surface area contributed by atoms with Gasteiger partial charge >= 0.3 is 5.97 Å². The van der Waals surface area contributed by atoms with Crippen LogP contribution in [0.15, 0.2) is 12.1 Å². The van der Waals surface area contributed by atoms with Crippen molar-refractivity contribution in [3.63, 3.8) is 0 Å². The first-order valence-corrected chi connectivity index (χ1v) is 13.5. The van der Waals surface area contributed by atoms with Crippen LogP contribution in [0.5, 0.6) is 17.2 Å². The van der Waals surface area contributed by atoms with Crippen LogP contribution in [0.1, 0.15) is 39.8 Å². The van der Waals surface area contributed by atoms with Crippen LogP contribution in [0.3, 0.4) is 0 Å². The van der Waals surface area contributed by atoms with Gasteiger partial charge in [-0.25, -0.2) is 9.78 Å². The summed E-state index contributed by atoms with van der Waals surface area (Å²) in [6, 6.07) is 3.82. The molecule has 1 amide bonds. The van der Waals surface area contributed by atoms with Crippen molar-refractivity contribution in [1.82, 2.24) is 20.3 Å². The van der Waals surface area contributed by atoms with Gasteiger partial charge in [0, 0.05) is 38.7 Å². The topological polar surface area (TPSA) is 160 Å². The molecule has 40 heavy (non-hydrogen) atoms. The number of hydrogen-bond donors (Lipinski definition) is 4. The number of carboxylic acid groups (broad SMARTS) is 1. The first kappa shape index (κ1) is 28.7. The Labute approximate surface area is 235 Å². The van der Waals surface area contributed by atoms with Gasteiger partial charge in [-0.1, -0.05) is 11.3 Å². The van der Waals surface area contributed by atoms with Crippen molar-refractivity contribution in [2.75, 3.05) is 56.5 Å². The maximum atomic E-state index is 11.5. The van der Waals surface area contributed by atoms with Gasteiger partial charge in [0.2, 0.25) is 17.6 Å². The van der Waals surface area contributed by atoms with Crippen LogP contribution in [0, 0.1) is 6.92 Å². The second kappa shape index (κ2) is 12.7. The van der Waals surface area contributed by atoms with E-state index in [9.17, 15) is 14.7 Å². The maximum Gasteiger partial charge on any atom is 0.347 e. The fourth-order valence-electron chi connectivity index (χ4n) is 4.48. The second-order valence-corrected chi connectivity index (χ2v) is 10.0. The van der Waals surface area contributed by atoms with Crippen LogP contribution in [-0.4, -0.2) is 72.9 Å². The number of rotatable bonds is 12. The van der Waals surface area contributed by atoms with Crippen LogP contribution in [0.4, 0.5) is 22.7 Å². The zero-order chi connectivity index (χ0) is 28.8. The van der Waals surface area contributed by atoms with Crippen molar-refractivity contribution in [2.24, 2.45) is 0 Å². The number of aromatic carboxylic acids is 1. The van der Waals surface area contributed by atoms with Crippen LogP contribution < -0.4 is 35.1 Å². The van der Waals surface area contributed by atoms with E-state index in [0.29, 0.717) is 53.5 Å². The van der Waals surface area contributed by atoms with Crippen LogP contribution in [0.2, 0.25) is 0 Å². The van der Waals surface area contributed by atoms with Crippen LogP contribution >= 0.6 is 11.3 Å². The average molecular weight is 572 g/mol. The van der Waals surface area contributed by atoms with Gasteiger partial charge < -0.3 is 34.9 Å². The highest BCUT2D eigenvalue weighted by molar-refractivity contribution is 7.17. The van der Waals surface area contributed by atoms with Crippen molar-refractivity contribution in [3.05, 3.63) is 33.8 Å². The number of aromatic nitrogens is 3. The number of hydrogen-bond acceptors (Lipinski definition) is 12. The second-order valence-electron chi connectivity index (χ2n) is 9.03. The quantitative estimate of drug-likeness (QED) is 0.235. The normalized spacial score (nSPS) is 12.4. The average Bonchev–Trinajstić information content (AvgIpc) is 3.30. The summed E-state index contributed by atoms with van der Waals surface area (Å²) in [4.78, 5) is 39.0. The maximum absolute atomic E-state index is 11.5. The molecule has 4 rings (SSSR count). The van der Waals surface area contributed by atoms with E-state index in [2.05, 4.69) is 25.8 Å². The van der Waals surface area contributed by atoms with E-state index in [0.717, 1.165) is 47.7 Å². The minimum absolute atomic E-state index is 0.112. The smallest absolute Gasteiger partial charge is 0.347 e. The molecule has 1 aliphatic rings. The molecule has 0 unspecified atom stereocenters. The van der Waals surface area contributed by atoms with Crippen molar-refractivity contribution in [3.8, 4) is 17.2 Å². The number of amides is 1. The van der Waals surface area contributed by atoms with Crippen LogP contribution in [-0.2, 0) is 17.8 Å². The van der Waals surface area contributed by atoms with Gasteiger partial charge in [-0.15, -0.1) is 0 Å². The highest BCUT2D eigenvalue weighted by Gasteiger charge is 2.25. The summed E-state index contributed by atoms with van der Waals surface area (Å²) in [7, 11) is 4.73. The molecule has 0 fully saturated rings. The predicted molar refractivity (Wildman–Crippen MR) is 152 cm³/mol. The minimum atomic E-state index is -1.04. The van der Waals surface area contributed by atoms with E-state index in [4.69, 9.17) is 24.2 Å². The number of aryl methyl sites for hydroxylation is 1. The van der Waals surface area contributed by atoms with Gasteiger partial charge in [0.1, 0.15) is 16.5 Å². The molecule has 3 heterocycles. The molecule has 0 radical (unpaired) electrons. The third kappa shape index (κ3) is 6.45. The highest BCUT2D eigenvalue weighted by Crippen LogP contribution is 2.40. The number of carboxylic acids is 1. The molecule has 0 saturated carbocycles. The molecule has 14 heteroatoms. The van der Waals surface area contributed by atoms with E-state index in [1.807, 2.05) is 12.1 Å². The van der Waals surface area contributed by atoms with E-state index in [-0.39, 0.29) is 16.7 Å². The van der Waals surface area contributed by atoms with Gasteiger partial charge in [-0.2, -0.15) is 9.97 Å². The molecule has 1 aliphatic heterocycles. The first-order chi connectivity index (χ1) is 19.2. The summed E-state index contributed by atoms with van der Waals surface area (Å²) in [6.07, 6.45) is 1.66. The van der Waals surface area contributed by atoms with E-state index in [1.54, 1.807) is 28.3 Å². The Balaban J connectivity index is 1.69. The number of thiazole rings is 1. The van der Waals surface area contributed by atoms with E-state index in [1.165, 1.54) is 6.92 Å². The first-order valence-electron chi connectivity index (χ1n) is 12.6. The zero-order valence-corrected chi connectivity index (χ0v) is 23.9. The molecule has 0 bridgehead atoms. The third-order valence-electron chi connectivity index (χ3n) is 6.24. The molecule has 0 atom stereocenters.